The number of pyridine rings is 1. The predicted molar refractivity (Wildman–Crippen MR) is 119 cm³/mol. The number of benzene rings is 1. The van der Waals surface area contributed by atoms with Gasteiger partial charge < -0.3 is 19.0 Å². The van der Waals surface area contributed by atoms with E-state index in [0.717, 1.165) is 53.1 Å². The van der Waals surface area contributed by atoms with Crippen LogP contribution in [0.4, 0.5) is 10.5 Å². The van der Waals surface area contributed by atoms with Crippen LogP contribution in [0.1, 0.15) is 33.3 Å². The van der Waals surface area contributed by atoms with Crippen molar-refractivity contribution in [1.82, 2.24) is 9.88 Å². The van der Waals surface area contributed by atoms with E-state index in [9.17, 15) is 4.79 Å². The second-order valence-corrected chi connectivity index (χ2v) is 8.64. The van der Waals surface area contributed by atoms with E-state index >= 15 is 0 Å². The highest BCUT2D eigenvalue weighted by molar-refractivity contribution is 5.92. The fourth-order valence-corrected chi connectivity index (χ4v) is 3.74. The standard InChI is InChI=1S/C24H29N3O3/c1-5-17-16-29-22-20(15-19(25-21(17)22)18-9-7-6-8-10-18)26-11-13-27(14-12-26)23(28)30-24(2,3)4/h6-10,15-16H,5,11-14H2,1-4H3. The number of hydrogen-bond acceptors (Lipinski definition) is 5. The first-order valence-corrected chi connectivity index (χ1v) is 10.5. The molecule has 1 fully saturated rings. The van der Waals surface area contributed by atoms with Gasteiger partial charge in [-0.3, -0.25) is 0 Å². The number of carbonyl (C=O) groups excluding carboxylic acids is 1. The van der Waals surface area contributed by atoms with Crippen molar-refractivity contribution in [1.29, 1.82) is 0 Å². The quantitative estimate of drug-likeness (QED) is 0.603. The molecule has 0 radical (unpaired) electrons. The Balaban J connectivity index is 1.63. The smallest absolute Gasteiger partial charge is 0.410 e. The summed E-state index contributed by atoms with van der Waals surface area (Å²) in [6.07, 6.45) is 2.43. The molecule has 30 heavy (non-hydrogen) atoms. The van der Waals surface area contributed by atoms with Crippen molar-refractivity contribution in [3.05, 3.63) is 48.2 Å². The minimum Gasteiger partial charge on any atom is -0.460 e. The number of nitrogens with zero attached hydrogens (tertiary/aromatic N) is 3. The van der Waals surface area contributed by atoms with E-state index in [-0.39, 0.29) is 6.09 Å². The molecule has 3 aromatic rings. The molecule has 0 saturated carbocycles. The maximum Gasteiger partial charge on any atom is 0.410 e. The Hall–Kier alpha value is -3.02. The molecular formula is C24H29N3O3. The van der Waals surface area contributed by atoms with Crippen LogP contribution in [-0.2, 0) is 11.2 Å². The summed E-state index contributed by atoms with van der Waals surface area (Å²) in [5.41, 5.74) is 5.40. The minimum atomic E-state index is -0.485. The van der Waals surface area contributed by atoms with Crippen molar-refractivity contribution in [2.45, 2.75) is 39.7 Å². The first-order valence-electron chi connectivity index (χ1n) is 10.5. The number of piperazine rings is 1. The highest BCUT2D eigenvalue weighted by atomic mass is 16.6. The van der Waals surface area contributed by atoms with Gasteiger partial charge in [-0.25, -0.2) is 9.78 Å². The molecular weight excluding hydrogens is 378 g/mol. The molecule has 0 N–H and O–H groups in total. The van der Waals surface area contributed by atoms with Gasteiger partial charge in [-0.15, -0.1) is 0 Å². The van der Waals surface area contributed by atoms with E-state index in [2.05, 4.69) is 30.0 Å². The van der Waals surface area contributed by atoms with Crippen LogP contribution in [-0.4, -0.2) is 47.8 Å². The number of anilines is 1. The van der Waals surface area contributed by atoms with Crippen molar-refractivity contribution in [3.63, 3.8) is 0 Å². The van der Waals surface area contributed by atoms with E-state index in [0.29, 0.717) is 13.1 Å². The molecule has 1 aliphatic heterocycles. The maximum atomic E-state index is 12.4. The molecule has 1 aromatic carbocycles. The van der Waals surface area contributed by atoms with Crippen molar-refractivity contribution < 1.29 is 13.9 Å². The van der Waals surface area contributed by atoms with Gasteiger partial charge in [0.1, 0.15) is 11.1 Å². The number of amides is 1. The monoisotopic (exact) mass is 407 g/mol. The average Bonchev–Trinajstić information content (AvgIpc) is 3.16. The van der Waals surface area contributed by atoms with Crippen molar-refractivity contribution in [3.8, 4) is 11.3 Å². The van der Waals surface area contributed by atoms with Crippen molar-refractivity contribution in [2.24, 2.45) is 0 Å². The highest BCUT2D eigenvalue weighted by Crippen LogP contribution is 2.34. The lowest BCUT2D eigenvalue weighted by Gasteiger charge is -2.36. The first-order chi connectivity index (χ1) is 14.4. The summed E-state index contributed by atoms with van der Waals surface area (Å²) in [6, 6.07) is 12.3. The van der Waals surface area contributed by atoms with Crippen LogP contribution in [0, 0.1) is 0 Å². The van der Waals surface area contributed by atoms with Gasteiger partial charge in [-0.2, -0.15) is 0 Å². The van der Waals surface area contributed by atoms with Crippen LogP contribution in [0.2, 0.25) is 0 Å². The zero-order valence-electron chi connectivity index (χ0n) is 18.1. The number of hydrogen-bond donors (Lipinski definition) is 0. The van der Waals surface area contributed by atoms with E-state index in [1.807, 2.05) is 45.2 Å². The first kappa shape index (κ1) is 20.3. The van der Waals surface area contributed by atoms with Crippen LogP contribution >= 0.6 is 0 Å². The fourth-order valence-electron chi connectivity index (χ4n) is 3.74. The van der Waals surface area contributed by atoms with Crippen molar-refractivity contribution in [2.75, 3.05) is 31.1 Å². The van der Waals surface area contributed by atoms with E-state index in [4.69, 9.17) is 14.1 Å². The Morgan fingerprint density at radius 2 is 1.83 bits per heavy atom. The summed E-state index contributed by atoms with van der Waals surface area (Å²) in [5, 5.41) is 0. The Morgan fingerprint density at radius 1 is 1.13 bits per heavy atom. The van der Waals surface area contributed by atoms with Crippen molar-refractivity contribution >= 4 is 22.9 Å². The third kappa shape index (κ3) is 4.13. The largest absolute Gasteiger partial charge is 0.460 e. The number of fused-ring (bicyclic) bond motifs is 1. The second kappa shape index (κ2) is 8.01. The average molecular weight is 408 g/mol. The summed E-state index contributed by atoms with van der Waals surface area (Å²) in [4.78, 5) is 21.4. The molecule has 0 atom stereocenters. The second-order valence-electron chi connectivity index (χ2n) is 8.64. The Morgan fingerprint density at radius 3 is 2.47 bits per heavy atom. The number of furan rings is 1. The van der Waals surface area contributed by atoms with Gasteiger partial charge in [0.2, 0.25) is 0 Å². The van der Waals surface area contributed by atoms with Gasteiger partial charge >= 0.3 is 6.09 Å². The maximum absolute atomic E-state index is 12.4. The topological polar surface area (TPSA) is 58.8 Å². The summed E-state index contributed by atoms with van der Waals surface area (Å²) >= 11 is 0. The van der Waals surface area contributed by atoms with E-state index in [1.54, 1.807) is 4.90 Å². The Kier molecular flexibility index (Phi) is 5.41. The van der Waals surface area contributed by atoms with Gasteiger partial charge in [0, 0.05) is 37.3 Å². The van der Waals surface area contributed by atoms with Gasteiger partial charge in [-0.1, -0.05) is 37.3 Å². The Bertz CT molecular complexity index is 1030. The SMILES string of the molecule is CCc1coc2c(N3CCN(C(=O)OC(C)(C)C)CC3)cc(-c3ccccc3)nc12. The summed E-state index contributed by atoms with van der Waals surface area (Å²) in [7, 11) is 0. The molecule has 1 aliphatic rings. The molecule has 6 heteroatoms. The molecule has 0 spiro atoms. The third-order valence-electron chi connectivity index (χ3n) is 5.30. The predicted octanol–water partition coefficient (Wildman–Crippen LogP) is 5.11. The molecule has 1 amide bonds. The Labute approximate surface area is 177 Å². The van der Waals surface area contributed by atoms with E-state index < -0.39 is 5.60 Å². The lowest BCUT2D eigenvalue weighted by Crippen LogP contribution is -2.50. The van der Waals surface area contributed by atoms with Gasteiger partial charge in [0.15, 0.2) is 5.58 Å². The van der Waals surface area contributed by atoms with Crippen LogP contribution in [0.25, 0.3) is 22.4 Å². The highest BCUT2D eigenvalue weighted by Gasteiger charge is 2.27. The molecule has 0 aliphatic carbocycles. The van der Waals surface area contributed by atoms with Gasteiger partial charge in [0.25, 0.3) is 0 Å². The minimum absolute atomic E-state index is 0.252. The molecule has 0 bridgehead atoms. The number of rotatable bonds is 3. The summed E-state index contributed by atoms with van der Waals surface area (Å²) in [5.74, 6) is 0. The number of aromatic nitrogens is 1. The molecule has 4 rings (SSSR count). The van der Waals surface area contributed by atoms with Gasteiger partial charge in [0.05, 0.1) is 17.6 Å². The number of ether oxygens (including phenoxy) is 1. The molecule has 158 valence electrons. The normalized spacial score (nSPS) is 14.9. The fraction of sp³-hybridized carbons (Fsp3) is 0.417. The molecule has 2 aromatic heterocycles. The molecule has 3 heterocycles. The van der Waals surface area contributed by atoms with Gasteiger partial charge in [-0.05, 0) is 33.3 Å². The van der Waals surface area contributed by atoms with Crippen LogP contribution in [0.3, 0.4) is 0 Å². The lowest BCUT2D eigenvalue weighted by atomic mass is 10.1. The zero-order valence-corrected chi connectivity index (χ0v) is 18.1. The molecule has 0 unspecified atom stereocenters. The van der Waals surface area contributed by atoms with Crippen LogP contribution < -0.4 is 4.90 Å². The summed E-state index contributed by atoms with van der Waals surface area (Å²) < 4.78 is 11.5. The lowest BCUT2D eigenvalue weighted by molar-refractivity contribution is 0.0240. The van der Waals surface area contributed by atoms with Crippen LogP contribution in [0.5, 0.6) is 0 Å². The number of carbonyl (C=O) groups is 1. The molecule has 1 saturated heterocycles. The van der Waals surface area contributed by atoms with E-state index in [1.165, 1.54) is 0 Å². The third-order valence-corrected chi connectivity index (χ3v) is 5.30. The van der Waals surface area contributed by atoms with Crippen LogP contribution in [0.15, 0.2) is 47.1 Å². The zero-order chi connectivity index (χ0) is 21.3. The molecule has 6 nitrogen and oxygen atoms in total. The number of aryl methyl sites for hydroxylation is 1. The summed E-state index contributed by atoms with van der Waals surface area (Å²) in [6.45, 7) is 10.4.